The molecule has 0 fully saturated rings. The third-order valence-electron chi connectivity index (χ3n) is 3.58. The molecule has 0 saturated heterocycles. The molecular formula is C17H20BrN3O3S. The van der Waals surface area contributed by atoms with Crippen molar-refractivity contribution < 1.29 is 13.2 Å². The first-order valence-electron chi connectivity index (χ1n) is 7.80. The van der Waals surface area contributed by atoms with E-state index in [2.05, 4.69) is 26.0 Å². The van der Waals surface area contributed by atoms with Crippen molar-refractivity contribution in [3.63, 3.8) is 0 Å². The van der Waals surface area contributed by atoms with Gasteiger partial charge in [0.05, 0.1) is 10.6 Å². The van der Waals surface area contributed by atoms with E-state index in [1.807, 2.05) is 13.8 Å². The first-order valence-corrected chi connectivity index (χ1v) is 10.1. The van der Waals surface area contributed by atoms with E-state index in [4.69, 9.17) is 0 Å². The topological polar surface area (TPSA) is 78.5 Å². The van der Waals surface area contributed by atoms with Crippen molar-refractivity contribution in [1.29, 1.82) is 0 Å². The molecule has 0 aliphatic heterocycles. The SMILES string of the molecule is CCN(CC)C(=O)Nc1ccc(S(=O)(=O)Nc2ccccc2Br)cc1. The van der Waals surface area contributed by atoms with E-state index in [0.717, 1.165) is 0 Å². The molecule has 2 aromatic carbocycles. The van der Waals surface area contributed by atoms with Crippen LogP contribution < -0.4 is 10.0 Å². The number of hydrogen-bond donors (Lipinski definition) is 2. The zero-order valence-electron chi connectivity index (χ0n) is 14.0. The van der Waals surface area contributed by atoms with Gasteiger partial charge in [-0.25, -0.2) is 13.2 Å². The summed E-state index contributed by atoms with van der Waals surface area (Å²) >= 11 is 3.31. The predicted octanol–water partition coefficient (Wildman–Crippen LogP) is 4.12. The summed E-state index contributed by atoms with van der Waals surface area (Å²) in [4.78, 5) is 13.8. The molecule has 0 radical (unpaired) electrons. The summed E-state index contributed by atoms with van der Waals surface area (Å²) in [5.74, 6) is 0. The third-order valence-corrected chi connectivity index (χ3v) is 5.66. The first-order chi connectivity index (χ1) is 11.9. The molecule has 0 heterocycles. The maximum absolute atomic E-state index is 12.5. The van der Waals surface area contributed by atoms with Gasteiger partial charge in [-0.05, 0) is 66.2 Å². The van der Waals surface area contributed by atoms with Crippen LogP contribution in [0.25, 0.3) is 0 Å². The molecule has 2 aromatic rings. The van der Waals surface area contributed by atoms with Gasteiger partial charge < -0.3 is 10.2 Å². The number of anilines is 2. The van der Waals surface area contributed by atoms with Crippen LogP contribution in [0.2, 0.25) is 0 Å². The quantitative estimate of drug-likeness (QED) is 0.730. The highest BCUT2D eigenvalue weighted by Gasteiger charge is 2.16. The average Bonchev–Trinajstić information content (AvgIpc) is 2.58. The molecule has 0 spiro atoms. The number of para-hydroxylation sites is 1. The lowest BCUT2D eigenvalue weighted by Crippen LogP contribution is -2.34. The van der Waals surface area contributed by atoms with Gasteiger partial charge in [0.25, 0.3) is 10.0 Å². The second-order valence-electron chi connectivity index (χ2n) is 5.21. The largest absolute Gasteiger partial charge is 0.325 e. The van der Waals surface area contributed by atoms with E-state index in [0.29, 0.717) is 28.9 Å². The number of carbonyl (C=O) groups excluding carboxylic acids is 1. The molecular weight excluding hydrogens is 406 g/mol. The maximum atomic E-state index is 12.5. The van der Waals surface area contributed by atoms with Crippen LogP contribution in [0.1, 0.15) is 13.8 Å². The van der Waals surface area contributed by atoms with Gasteiger partial charge in [0.1, 0.15) is 0 Å². The van der Waals surface area contributed by atoms with Crippen LogP contribution in [-0.2, 0) is 10.0 Å². The number of urea groups is 1. The zero-order chi connectivity index (χ0) is 18.4. The van der Waals surface area contributed by atoms with Gasteiger partial charge in [-0.3, -0.25) is 4.72 Å². The summed E-state index contributed by atoms with van der Waals surface area (Å²) in [7, 11) is -3.71. The fourth-order valence-electron chi connectivity index (χ4n) is 2.18. The second-order valence-corrected chi connectivity index (χ2v) is 7.75. The number of carbonyl (C=O) groups is 1. The Morgan fingerprint density at radius 1 is 1.04 bits per heavy atom. The second kappa shape index (κ2) is 8.35. The van der Waals surface area contributed by atoms with E-state index in [1.54, 1.807) is 41.3 Å². The lowest BCUT2D eigenvalue weighted by molar-refractivity contribution is 0.217. The van der Waals surface area contributed by atoms with Crippen molar-refractivity contribution in [3.8, 4) is 0 Å². The summed E-state index contributed by atoms with van der Waals surface area (Å²) in [5, 5.41) is 2.75. The Morgan fingerprint density at radius 2 is 1.64 bits per heavy atom. The van der Waals surface area contributed by atoms with E-state index in [9.17, 15) is 13.2 Å². The molecule has 134 valence electrons. The predicted molar refractivity (Wildman–Crippen MR) is 103 cm³/mol. The molecule has 0 aromatic heterocycles. The van der Waals surface area contributed by atoms with Crippen LogP contribution in [0.5, 0.6) is 0 Å². The van der Waals surface area contributed by atoms with Gasteiger partial charge in [-0.15, -0.1) is 0 Å². The monoisotopic (exact) mass is 425 g/mol. The van der Waals surface area contributed by atoms with Crippen LogP contribution in [0.15, 0.2) is 57.9 Å². The highest BCUT2D eigenvalue weighted by molar-refractivity contribution is 9.10. The van der Waals surface area contributed by atoms with Crippen molar-refractivity contribution >= 4 is 43.4 Å². The van der Waals surface area contributed by atoms with Gasteiger partial charge in [0.2, 0.25) is 0 Å². The molecule has 0 aliphatic carbocycles. The Morgan fingerprint density at radius 3 is 2.20 bits per heavy atom. The fraction of sp³-hybridized carbons (Fsp3) is 0.235. The molecule has 2 rings (SSSR count). The molecule has 0 bridgehead atoms. The molecule has 2 amide bonds. The van der Waals surface area contributed by atoms with E-state index < -0.39 is 10.0 Å². The smallest absolute Gasteiger partial charge is 0.321 e. The Bertz CT molecular complexity index is 834. The van der Waals surface area contributed by atoms with Gasteiger partial charge in [0.15, 0.2) is 0 Å². The standard InChI is InChI=1S/C17H20BrN3O3S/c1-3-21(4-2)17(22)19-13-9-11-14(12-10-13)25(23,24)20-16-8-6-5-7-15(16)18/h5-12,20H,3-4H2,1-2H3,(H,19,22). The molecule has 8 heteroatoms. The molecule has 6 nitrogen and oxygen atoms in total. The molecule has 2 N–H and O–H groups in total. The normalized spacial score (nSPS) is 11.0. The van der Waals surface area contributed by atoms with Crippen molar-refractivity contribution in [2.75, 3.05) is 23.1 Å². The molecule has 25 heavy (non-hydrogen) atoms. The number of rotatable bonds is 6. The van der Waals surface area contributed by atoms with Crippen LogP contribution in [0, 0.1) is 0 Å². The van der Waals surface area contributed by atoms with Gasteiger partial charge in [0, 0.05) is 23.2 Å². The number of sulfonamides is 1. The lowest BCUT2D eigenvalue weighted by atomic mass is 10.3. The van der Waals surface area contributed by atoms with Crippen molar-refractivity contribution in [3.05, 3.63) is 53.0 Å². The highest BCUT2D eigenvalue weighted by atomic mass is 79.9. The third kappa shape index (κ3) is 4.96. The minimum Gasteiger partial charge on any atom is -0.325 e. The van der Waals surface area contributed by atoms with Crippen LogP contribution in [0.3, 0.4) is 0 Å². The van der Waals surface area contributed by atoms with Crippen LogP contribution in [-0.4, -0.2) is 32.4 Å². The minimum atomic E-state index is -3.71. The number of nitrogens with zero attached hydrogens (tertiary/aromatic N) is 1. The minimum absolute atomic E-state index is 0.115. The Hall–Kier alpha value is -2.06. The molecule has 0 unspecified atom stereocenters. The Kier molecular flexibility index (Phi) is 6.44. The zero-order valence-corrected chi connectivity index (χ0v) is 16.4. The van der Waals surface area contributed by atoms with Crippen LogP contribution in [0.4, 0.5) is 16.2 Å². The van der Waals surface area contributed by atoms with Crippen molar-refractivity contribution in [2.24, 2.45) is 0 Å². The van der Waals surface area contributed by atoms with Crippen molar-refractivity contribution in [2.45, 2.75) is 18.7 Å². The lowest BCUT2D eigenvalue weighted by Gasteiger charge is -2.19. The van der Waals surface area contributed by atoms with E-state index >= 15 is 0 Å². The average molecular weight is 426 g/mol. The Balaban J connectivity index is 2.13. The highest BCUT2D eigenvalue weighted by Crippen LogP contribution is 2.25. The first kappa shape index (κ1) is 19.3. The summed E-state index contributed by atoms with van der Waals surface area (Å²) < 4.78 is 28.1. The number of hydrogen-bond acceptors (Lipinski definition) is 3. The van der Waals surface area contributed by atoms with Crippen LogP contribution >= 0.6 is 15.9 Å². The summed E-state index contributed by atoms with van der Waals surface area (Å²) in [6, 6.07) is 12.8. The number of amides is 2. The van der Waals surface area contributed by atoms with Gasteiger partial charge >= 0.3 is 6.03 Å². The molecule has 0 saturated carbocycles. The van der Waals surface area contributed by atoms with Crippen molar-refractivity contribution in [1.82, 2.24) is 4.90 Å². The van der Waals surface area contributed by atoms with E-state index in [1.165, 1.54) is 12.1 Å². The van der Waals surface area contributed by atoms with Gasteiger partial charge in [-0.2, -0.15) is 0 Å². The summed E-state index contributed by atoms with van der Waals surface area (Å²) in [6.45, 7) is 4.99. The Labute approximate surface area is 156 Å². The molecule has 0 atom stereocenters. The molecule has 0 aliphatic rings. The van der Waals surface area contributed by atoms with E-state index in [-0.39, 0.29) is 10.9 Å². The van der Waals surface area contributed by atoms with Gasteiger partial charge in [-0.1, -0.05) is 12.1 Å². The summed E-state index contributed by atoms with van der Waals surface area (Å²) in [5.41, 5.74) is 0.998. The number of benzene rings is 2. The summed E-state index contributed by atoms with van der Waals surface area (Å²) in [6.07, 6.45) is 0. The number of halogens is 1. The number of nitrogens with one attached hydrogen (secondary N) is 2. The fourth-order valence-corrected chi connectivity index (χ4v) is 3.77. The maximum Gasteiger partial charge on any atom is 0.321 e.